The van der Waals surface area contributed by atoms with Crippen LogP contribution in [-0.4, -0.2) is 26.5 Å². The van der Waals surface area contributed by atoms with Crippen molar-refractivity contribution in [2.75, 3.05) is 4.90 Å². The molecule has 1 aliphatic heterocycles. The molecule has 0 aromatic heterocycles. The highest BCUT2D eigenvalue weighted by atomic mass is 32.1. The van der Waals surface area contributed by atoms with Crippen LogP contribution in [0.4, 0.5) is 10.1 Å². The van der Waals surface area contributed by atoms with E-state index < -0.39 is 6.10 Å². The molecular weight excluding hydrogens is 439 g/mol. The average Bonchev–Trinajstić information content (AvgIpc) is 3.15. The average molecular weight is 467 g/mol. The molecular formula is C26H27FN2O3S. The number of phenolic OH excluding ortho intramolecular Hbond substituents is 1. The number of benzene rings is 3. The van der Waals surface area contributed by atoms with Crippen LogP contribution in [0.25, 0.3) is 0 Å². The summed E-state index contributed by atoms with van der Waals surface area (Å²) in [6.07, 6.45) is 1.24. The second kappa shape index (κ2) is 10.3. The number of aliphatic hydroxyl groups is 2. The van der Waals surface area contributed by atoms with E-state index in [2.05, 4.69) is 5.32 Å². The molecule has 172 valence electrons. The molecule has 3 aromatic rings. The Hall–Kier alpha value is -3.00. The predicted molar refractivity (Wildman–Crippen MR) is 130 cm³/mol. The molecule has 1 heterocycles. The summed E-state index contributed by atoms with van der Waals surface area (Å²) < 4.78 is 13.2. The number of nitrogens with one attached hydrogen (secondary N) is 1. The van der Waals surface area contributed by atoms with E-state index in [4.69, 9.17) is 12.2 Å². The van der Waals surface area contributed by atoms with Crippen molar-refractivity contribution in [2.45, 2.75) is 44.1 Å². The summed E-state index contributed by atoms with van der Waals surface area (Å²) in [6.45, 7) is -0.151. The first-order valence-electron chi connectivity index (χ1n) is 11.0. The highest BCUT2D eigenvalue weighted by Gasteiger charge is 2.40. The van der Waals surface area contributed by atoms with Crippen molar-refractivity contribution in [1.29, 1.82) is 0 Å². The number of para-hydroxylation sites is 1. The number of aromatic hydroxyl groups is 1. The SMILES string of the molecule is OCc1ccc([C@@H]2[C@@H](CCCC(O)c3ccc(F)cc3)NC(=S)N2c2ccccc2)c(O)c1. The lowest BCUT2D eigenvalue weighted by molar-refractivity contribution is 0.162. The Balaban J connectivity index is 1.55. The molecule has 3 atom stereocenters. The highest BCUT2D eigenvalue weighted by Crippen LogP contribution is 2.40. The van der Waals surface area contributed by atoms with E-state index in [0.29, 0.717) is 41.1 Å². The van der Waals surface area contributed by atoms with Crippen molar-refractivity contribution < 1.29 is 19.7 Å². The molecule has 0 bridgehead atoms. The summed E-state index contributed by atoms with van der Waals surface area (Å²) in [5.41, 5.74) is 2.95. The first kappa shape index (κ1) is 23.2. The first-order valence-corrected chi connectivity index (χ1v) is 11.4. The Kier molecular flexibility index (Phi) is 7.23. The van der Waals surface area contributed by atoms with Gasteiger partial charge in [0.25, 0.3) is 0 Å². The van der Waals surface area contributed by atoms with E-state index in [1.165, 1.54) is 12.1 Å². The molecule has 0 radical (unpaired) electrons. The molecule has 0 aliphatic carbocycles. The Bertz CT molecular complexity index is 1090. The number of phenols is 1. The lowest BCUT2D eigenvalue weighted by atomic mass is 9.92. The maximum Gasteiger partial charge on any atom is 0.174 e. The van der Waals surface area contributed by atoms with Crippen molar-refractivity contribution in [3.8, 4) is 5.75 Å². The van der Waals surface area contributed by atoms with Crippen LogP contribution < -0.4 is 10.2 Å². The van der Waals surface area contributed by atoms with Gasteiger partial charge >= 0.3 is 0 Å². The molecule has 4 N–H and O–H groups in total. The molecule has 0 amide bonds. The molecule has 33 heavy (non-hydrogen) atoms. The summed E-state index contributed by atoms with van der Waals surface area (Å²) in [7, 11) is 0. The van der Waals surface area contributed by atoms with Crippen LogP contribution in [0.2, 0.25) is 0 Å². The maximum absolute atomic E-state index is 13.2. The number of aliphatic hydroxyl groups excluding tert-OH is 2. The van der Waals surface area contributed by atoms with Crippen LogP contribution in [0, 0.1) is 5.82 Å². The van der Waals surface area contributed by atoms with Gasteiger partial charge < -0.3 is 25.5 Å². The predicted octanol–water partition coefficient (Wildman–Crippen LogP) is 4.73. The van der Waals surface area contributed by atoms with Crippen molar-refractivity contribution in [1.82, 2.24) is 5.32 Å². The number of hydrogen-bond acceptors (Lipinski definition) is 4. The van der Waals surface area contributed by atoms with E-state index in [0.717, 1.165) is 5.69 Å². The summed E-state index contributed by atoms with van der Waals surface area (Å²) in [6, 6.07) is 20.5. The van der Waals surface area contributed by atoms with Crippen molar-refractivity contribution in [3.63, 3.8) is 0 Å². The molecule has 1 saturated heterocycles. The number of hydrogen-bond donors (Lipinski definition) is 4. The van der Waals surface area contributed by atoms with Gasteiger partial charge in [0, 0.05) is 11.3 Å². The summed E-state index contributed by atoms with van der Waals surface area (Å²) in [5.74, 6) is -0.221. The highest BCUT2D eigenvalue weighted by molar-refractivity contribution is 7.80. The van der Waals surface area contributed by atoms with Crippen LogP contribution in [0.3, 0.4) is 0 Å². The summed E-state index contributed by atoms with van der Waals surface area (Å²) in [5, 5.41) is 34.7. The molecule has 1 unspecified atom stereocenters. The van der Waals surface area contributed by atoms with Crippen molar-refractivity contribution >= 4 is 23.0 Å². The van der Waals surface area contributed by atoms with E-state index >= 15 is 0 Å². The smallest absolute Gasteiger partial charge is 0.174 e. The standard InChI is InChI=1S/C26H27FN2O3S/c27-19-12-10-18(11-13-19)23(31)8-4-7-22-25(21-14-9-17(16-30)15-24(21)32)29(26(33)28-22)20-5-2-1-3-6-20/h1-3,5-6,9-15,22-23,25,30-32H,4,7-8,16H2,(H,28,33)/t22-,23?,25-/m1/s1. The molecule has 5 nitrogen and oxygen atoms in total. The van der Waals surface area contributed by atoms with Crippen LogP contribution in [0.5, 0.6) is 5.75 Å². The van der Waals surface area contributed by atoms with Crippen LogP contribution in [-0.2, 0) is 6.61 Å². The van der Waals surface area contributed by atoms with Gasteiger partial charge in [-0.25, -0.2) is 4.39 Å². The number of anilines is 1. The van der Waals surface area contributed by atoms with E-state index in [1.807, 2.05) is 41.3 Å². The van der Waals surface area contributed by atoms with Gasteiger partial charge in [-0.15, -0.1) is 0 Å². The minimum absolute atomic E-state index is 0.0935. The zero-order valence-corrected chi connectivity index (χ0v) is 18.9. The number of thiocarbonyl (C=S) groups is 1. The Morgan fingerprint density at radius 3 is 2.42 bits per heavy atom. The Morgan fingerprint density at radius 1 is 1.03 bits per heavy atom. The fraction of sp³-hybridized carbons (Fsp3) is 0.269. The molecule has 0 saturated carbocycles. The third-order valence-electron chi connectivity index (χ3n) is 6.06. The molecule has 3 aromatic carbocycles. The Morgan fingerprint density at radius 2 is 1.76 bits per heavy atom. The zero-order valence-electron chi connectivity index (χ0n) is 18.1. The largest absolute Gasteiger partial charge is 0.508 e. The van der Waals surface area contributed by atoms with Crippen LogP contribution in [0.1, 0.15) is 48.1 Å². The number of rotatable bonds is 8. The van der Waals surface area contributed by atoms with Gasteiger partial charge in [-0.2, -0.15) is 0 Å². The fourth-order valence-corrected chi connectivity index (χ4v) is 4.76. The normalized spacial score (nSPS) is 18.9. The number of nitrogens with zero attached hydrogens (tertiary/aromatic N) is 1. The number of halogens is 1. The van der Waals surface area contributed by atoms with Gasteiger partial charge in [-0.05, 0) is 72.9 Å². The maximum atomic E-state index is 13.2. The van der Waals surface area contributed by atoms with Gasteiger partial charge in [-0.1, -0.05) is 42.5 Å². The summed E-state index contributed by atoms with van der Waals surface area (Å²) in [4.78, 5) is 2.00. The summed E-state index contributed by atoms with van der Waals surface area (Å²) >= 11 is 5.67. The second-order valence-corrected chi connectivity index (χ2v) is 8.64. The fourth-order valence-electron chi connectivity index (χ4n) is 4.39. The third kappa shape index (κ3) is 5.16. The lowest BCUT2D eigenvalue weighted by Gasteiger charge is -2.29. The van der Waals surface area contributed by atoms with Crippen molar-refractivity contribution in [3.05, 3.63) is 95.3 Å². The van der Waals surface area contributed by atoms with Crippen molar-refractivity contribution in [2.24, 2.45) is 0 Å². The minimum Gasteiger partial charge on any atom is -0.508 e. The van der Waals surface area contributed by atoms with Gasteiger partial charge in [0.2, 0.25) is 0 Å². The monoisotopic (exact) mass is 466 g/mol. The van der Waals surface area contributed by atoms with Gasteiger partial charge in [0.05, 0.1) is 24.8 Å². The van der Waals surface area contributed by atoms with Gasteiger partial charge in [-0.3, -0.25) is 0 Å². The van der Waals surface area contributed by atoms with Gasteiger partial charge in [0.15, 0.2) is 5.11 Å². The van der Waals surface area contributed by atoms with E-state index in [-0.39, 0.29) is 30.3 Å². The topological polar surface area (TPSA) is 76.0 Å². The first-order chi connectivity index (χ1) is 16.0. The minimum atomic E-state index is -0.681. The van der Waals surface area contributed by atoms with Gasteiger partial charge in [0.1, 0.15) is 11.6 Å². The van der Waals surface area contributed by atoms with E-state index in [9.17, 15) is 19.7 Å². The van der Waals surface area contributed by atoms with Crippen LogP contribution in [0.15, 0.2) is 72.8 Å². The zero-order chi connectivity index (χ0) is 23.4. The van der Waals surface area contributed by atoms with E-state index in [1.54, 1.807) is 24.3 Å². The molecule has 0 spiro atoms. The lowest BCUT2D eigenvalue weighted by Crippen LogP contribution is -2.29. The second-order valence-electron chi connectivity index (χ2n) is 8.26. The van der Waals surface area contributed by atoms with Crippen LogP contribution >= 0.6 is 12.2 Å². The Labute approximate surface area is 198 Å². The molecule has 4 rings (SSSR count). The molecule has 1 aliphatic rings. The third-order valence-corrected chi connectivity index (χ3v) is 6.38. The molecule has 7 heteroatoms. The quantitative estimate of drug-likeness (QED) is 0.360. The molecule has 1 fully saturated rings.